The van der Waals surface area contributed by atoms with Gasteiger partial charge >= 0.3 is 28.3 Å². The van der Waals surface area contributed by atoms with Gasteiger partial charge in [0, 0.05) is 40.0 Å². The number of benzene rings is 2. The van der Waals surface area contributed by atoms with Crippen LogP contribution in [0.15, 0.2) is 42.5 Å². The van der Waals surface area contributed by atoms with E-state index in [0.717, 1.165) is 38.1 Å². The largest absolute Gasteiger partial charge is 0.813 e. The molecule has 0 saturated carbocycles. The van der Waals surface area contributed by atoms with E-state index in [1.165, 1.54) is 4.57 Å². The average molecular weight is 814 g/mol. The zero-order chi connectivity index (χ0) is 36.3. The van der Waals surface area contributed by atoms with Crippen LogP contribution in [0.1, 0.15) is 60.6 Å². The molecule has 17 heteroatoms. The average Bonchev–Trinajstić information content (AvgIpc) is 3.36. The summed E-state index contributed by atoms with van der Waals surface area (Å²) in [6.45, 7) is 2.88. The number of amides is 4. The van der Waals surface area contributed by atoms with Gasteiger partial charge < -0.3 is 59.0 Å². The van der Waals surface area contributed by atoms with Crippen LogP contribution >= 0.6 is 11.6 Å². The SMILES string of the molecule is CCC(=O)[N-]CC(=O)[N-]CC(=O)[N-]CC(=O)NCCCCCCOc1ccc2c(c1)c(CC(=O)O)c(C)n2C(=O)c1ccc(Cl)cc1.[O]=[Tc+4].[SH-]. The summed E-state index contributed by atoms with van der Waals surface area (Å²) in [4.78, 5) is 71.2. The molecule has 0 unspecified atom stereocenters. The molecule has 0 fully saturated rings. The Kier molecular flexibility index (Phi) is 20.5. The van der Waals surface area contributed by atoms with Gasteiger partial charge in [0.15, 0.2) is 0 Å². The first-order chi connectivity index (χ1) is 23.5. The number of carbonyl (C=O) groups excluding carboxylic acids is 5. The van der Waals surface area contributed by atoms with E-state index in [2.05, 4.69) is 21.3 Å². The van der Waals surface area contributed by atoms with Crippen LogP contribution in [0.2, 0.25) is 5.02 Å². The number of nitrogens with zero attached hydrogens (tertiary/aromatic N) is 4. The molecule has 0 radical (unpaired) electrons. The number of thiol groups is 1. The first-order valence-electron chi connectivity index (χ1n) is 15.3. The van der Waals surface area contributed by atoms with Crippen molar-refractivity contribution in [3.8, 4) is 5.75 Å². The van der Waals surface area contributed by atoms with E-state index in [1.54, 1.807) is 56.3 Å². The molecule has 50 heavy (non-hydrogen) atoms. The number of hydrogen-bond acceptors (Lipinski definition) is 9. The number of nitrogens with one attached hydrogen (secondary N) is 1. The Bertz CT molecular complexity index is 1640. The number of ether oxygens (including phenoxy) is 1. The summed E-state index contributed by atoms with van der Waals surface area (Å²) in [5.74, 6) is -3.01. The Morgan fingerprint density at radius 1 is 0.860 bits per heavy atom. The molecule has 0 atom stereocenters. The fourth-order valence-corrected chi connectivity index (χ4v) is 4.77. The van der Waals surface area contributed by atoms with Gasteiger partial charge in [0.05, 0.1) is 24.5 Å². The van der Waals surface area contributed by atoms with Gasteiger partial charge in [0.25, 0.3) is 5.91 Å². The van der Waals surface area contributed by atoms with E-state index < -0.39 is 42.7 Å². The van der Waals surface area contributed by atoms with Crippen LogP contribution in [0.4, 0.5) is 0 Å². The van der Waals surface area contributed by atoms with E-state index in [4.69, 9.17) is 19.8 Å². The van der Waals surface area contributed by atoms with Crippen LogP contribution in [0.5, 0.6) is 5.75 Å². The molecule has 3 aromatic rings. The second-order valence-corrected chi connectivity index (χ2v) is 11.0. The number of unbranched alkanes of at least 4 members (excludes halogenated alkanes) is 3. The first kappa shape index (κ1) is 43.9. The van der Waals surface area contributed by atoms with Crippen LogP contribution in [0.25, 0.3) is 26.9 Å². The zero-order valence-corrected chi connectivity index (χ0v) is 31.0. The van der Waals surface area contributed by atoms with Crippen LogP contribution in [0, 0.1) is 6.92 Å². The molecule has 269 valence electrons. The number of halogens is 1. The molecule has 0 spiro atoms. The monoisotopic (exact) mass is 812 g/mol. The summed E-state index contributed by atoms with van der Waals surface area (Å²) in [6.07, 6.45) is 3.05. The Balaban J connectivity index is 0.00000409. The number of rotatable bonds is 18. The van der Waals surface area contributed by atoms with Gasteiger partial charge in [0.1, 0.15) is 5.75 Å². The molecular formula is C33H38ClN5O9STc. The third-order valence-corrected chi connectivity index (χ3v) is 7.33. The summed E-state index contributed by atoms with van der Waals surface area (Å²) in [6, 6.07) is 11.8. The van der Waals surface area contributed by atoms with Crippen molar-refractivity contribution in [2.24, 2.45) is 0 Å². The van der Waals surface area contributed by atoms with Crippen molar-refractivity contribution in [1.82, 2.24) is 9.88 Å². The van der Waals surface area contributed by atoms with Gasteiger partial charge in [-0.05, 0) is 80.8 Å². The van der Waals surface area contributed by atoms with Crippen molar-refractivity contribution in [3.05, 3.63) is 80.3 Å². The first-order valence-corrected chi connectivity index (χ1v) is 16.5. The normalized spacial score (nSPS) is 10.2. The summed E-state index contributed by atoms with van der Waals surface area (Å²) in [7, 11) is 0. The molecule has 14 nitrogen and oxygen atoms in total. The van der Waals surface area contributed by atoms with Crippen LogP contribution in [-0.2, 0) is 66.2 Å². The fraction of sp³-hybridized carbons (Fsp3) is 0.394. The summed E-state index contributed by atoms with van der Waals surface area (Å²) < 4.78 is 15.7. The maximum atomic E-state index is 13.4. The predicted octanol–water partition coefficient (Wildman–Crippen LogP) is 4.69. The van der Waals surface area contributed by atoms with Crippen molar-refractivity contribution in [2.45, 2.75) is 52.4 Å². The molecule has 0 aliphatic heterocycles. The number of aliphatic carboxylic acids is 1. The molecule has 2 N–H and O–H groups in total. The molecule has 0 aliphatic carbocycles. The number of fused-ring (bicyclic) bond motifs is 1. The molecule has 4 amide bonds. The molecule has 2 aromatic carbocycles. The third-order valence-electron chi connectivity index (χ3n) is 7.07. The molecule has 0 aliphatic rings. The van der Waals surface area contributed by atoms with Crippen molar-refractivity contribution in [2.75, 3.05) is 32.8 Å². The van der Waals surface area contributed by atoms with Gasteiger partial charge in [-0.3, -0.25) is 19.0 Å². The Morgan fingerprint density at radius 3 is 2.08 bits per heavy atom. The minimum absolute atomic E-state index is 0. The van der Waals surface area contributed by atoms with E-state index in [9.17, 15) is 33.9 Å². The van der Waals surface area contributed by atoms with Gasteiger partial charge in [0.2, 0.25) is 5.91 Å². The molecule has 0 saturated heterocycles. The van der Waals surface area contributed by atoms with Crippen LogP contribution in [-0.4, -0.2) is 78.0 Å². The van der Waals surface area contributed by atoms with E-state index >= 15 is 0 Å². The van der Waals surface area contributed by atoms with Gasteiger partial charge in [-0.15, -0.1) is 0 Å². The Labute approximate surface area is 312 Å². The number of aromatic nitrogens is 1. The standard InChI is InChI=1S/C33H40ClN5O8.O.H2S.Tc/c1-3-28(40)36-19-30(42)38-20-31(43)37-18-29(41)35-14-6-4-5-7-15-47-24-12-13-27-26(16-24)25(17-32(44)45)21(2)39(27)33(46)22-8-10-23(34)11-9-22;;;/h8-13,16H,3-7,14-15,17-20H2,1-2H3,(H5,35,36,37,38,40,41,42,43,44,45);;1H2;/q;;;+4/p-4. The minimum atomic E-state index is -1.01. The maximum absolute atomic E-state index is 13.4. The quantitative estimate of drug-likeness (QED) is 0.103. The van der Waals surface area contributed by atoms with E-state index in [0.29, 0.717) is 58.1 Å². The molecule has 1 aromatic heterocycles. The van der Waals surface area contributed by atoms with Crippen molar-refractivity contribution in [3.63, 3.8) is 0 Å². The summed E-state index contributed by atoms with van der Waals surface area (Å²) in [5.41, 5.74) is 2.09. The summed E-state index contributed by atoms with van der Waals surface area (Å²) >= 11 is 6.87. The van der Waals surface area contributed by atoms with Crippen LogP contribution in [0.3, 0.4) is 0 Å². The topological polar surface area (TPSA) is 208 Å². The van der Waals surface area contributed by atoms with Crippen molar-refractivity contribution >= 4 is 71.5 Å². The van der Waals surface area contributed by atoms with E-state index in [1.807, 2.05) is 0 Å². The number of hydrogen-bond donors (Lipinski definition) is 2. The summed E-state index contributed by atoms with van der Waals surface area (Å²) in [5, 5.41) is 23.9. The number of carbonyl (C=O) groups is 6. The Morgan fingerprint density at radius 2 is 1.46 bits per heavy atom. The molecular weight excluding hydrogens is 776 g/mol. The molecule has 3 rings (SSSR count). The second kappa shape index (κ2) is 23.3. The second-order valence-electron chi connectivity index (χ2n) is 10.6. The number of carboxylic acid groups (broad SMARTS) is 1. The molecule has 1 heterocycles. The predicted molar refractivity (Wildman–Crippen MR) is 186 cm³/mol. The zero-order valence-electron chi connectivity index (χ0n) is 27.5. The van der Waals surface area contributed by atoms with Crippen molar-refractivity contribution in [1.29, 1.82) is 0 Å². The third kappa shape index (κ3) is 14.4. The van der Waals surface area contributed by atoms with Crippen LogP contribution < -0.4 is 10.1 Å². The van der Waals surface area contributed by atoms with Gasteiger partial charge in [-0.25, -0.2) is 0 Å². The van der Waals surface area contributed by atoms with Gasteiger partial charge in [-0.2, -0.15) is 0 Å². The Hall–Kier alpha value is -4.11. The number of carboxylic acids is 1. The van der Waals surface area contributed by atoms with Crippen molar-refractivity contribution < 1.29 is 61.0 Å². The fourth-order valence-electron chi connectivity index (χ4n) is 4.65. The van der Waals surface area contributed by atoms with Gasteiger partial charge in [-0.1, -0.05) is 44.5 Å². The minimum Gasteiger partial charge on any atom is -0.813 e. The maximum Gasteiger partial charge on any atom is -0.813 e. The molecule has 0 bridgehead atoms. The smallest absolute Gasteiger partial charge is 0.813 e. The van der Waals surface area contributed by atoms with E-state index in [-0.39, 0.29) is 38.8 Å².